The molecular formula is C26H26F2N6O3. The van der Waals surface area contributed by atoms with Crippen molar-refractivity contribution in [3.05, 3.63) is 54.1 Å². The van der Waals surface area contributed by atoms with Crippen molar-refractivity contribution in [1.82, 2.24) is 19.7 Å². The number of methoxy groups -OCH3 is 1. The van der Waals surface area contributed by atoms with Crippen molar-refractivity contribution in [2.45, 2.75) is 19.8 Å². The van der Waals surface area contributed by atoms with Crippen LogP contribution in [0.1, 0.15) is 19.8 Å². The minimum atomic E-state index is -1.05. The Morgan fingerprint density at radius 3 is 2.68 bits per heavy atom. The molecule has 2 aromatic carbocycles. The van der Waals surface area contributed by atoms with Crippen LogP contribution in [0.15, 0.2) is 42.5 Å². The quantitative estimate of drug-likeness (QED) is 0.388. The molecular weight excluding hydrogens is 482 g/mol. The van der Waals surface area contributed by atoms with Crippen LogP contribution in [0.3, 0.4) is 0 Å². The van der Waals surface area contributed by atoms with Gasteiger partial charge in [0, 0.05) is 18.7 Å². The first-order chi connectivity index (χ1) is 17.9. The van der Waals surface area contributed by atoms with Crippen molar-refractivity contribution in [2.75, 3.05) is 37.4 Å². The van der Waals surface area contributed by atoms with E-state index in [1.807, 2.05) is 4.90 Å². The molecule has 2 N–H and O–H groups in total. The zero-order valence-corrected chi connectivity index (χ0v) is 20.4. The molecule has 2 aromatic heterocycles. The lowest BCUT2D eigenvalue weighted by Crippen LogP contribution is -2.40. The summed E-state index contributed by atoms with van der Waals surface area (Å²) in [4.78, 5) is 23.5. The fourth-order valence-electron chi connectivity index (χ4n) is 4.55. The predicted octanol–water partition coefficient (Wildman–Crippen LogP) is 4.13. The summed E-state index contributed by atoms with van der Waals surface area (Å²) in [5, 5.41) is 4.88. The van der Waals surface area contributed by atoms with Crippen LogP contribution in [0.2, 0.25) is 0 Å². The third kappa shape index (κ3) is 4.52. The summed E-state index contributed by atoms with van der Waals surface area (Å²) >= 11 is 0. The predicted molar refractivity (Wildman–Crippen MR) is 135 cm³/mol. The van der Waals surface area contributed by atoms with E-state index in [0.29, 0.717) is 42.9 Å². The van der Waals surface area contributed by atoms with Crippen LogP contribution < -0.4 is 15.4 Å². The normalized spacial score (nSPS) is 15.7. The fraction of sp³-hybridized carbons (Fsp3) is 0.308. The number of esters is 1. The van der Waals surface area contributed by atoms with E-state index in [0.717, 1.165) is 12.5 Å². The number of hydrogen-bond acceptors (Lipinski definition) is 8. The monoisotopic (exact) mass is 508 g/mol. The first-order valence-corrected chi connectivity index (χ1v) is 12.0. The van der Waals surface area contributed by atoms with E-state index < -0.39 is 11.6 Å². The van der Waals surface area contributed by atoms with Gasteiger partial charge in [-0.1, -0.05) is 6.07 Å². The van der Waals surface area contributed by atoms with Crippen LogP contribution in [0.5, 0.6) is 5.75 Å². The van der Waals surface area contributed by atoms with Gasteiger partial charge in [0.1, 0.15) is 11.6 Å². The summed E-state index contributed by atoms with van der Waals surface area (Å²) in [5.74, 6) is -1.60. The van der Waals surface area contributed by atoms with E-state index in [-0.39, 0.29) is 40.6 Å². The first kappa shape index (κ1) is 24.4. The van der Waals surface area contributed by atoms with Crippen LogP contribution in [-0.2, 0) is 9.53 Å². The molecule has 4 aromatic rings. The minimum absolute atomic E-state index is 0.0615. The van der Waals surface area contributed by atoms with Crippen molar-refractivity contribution in [1.29, 1.82) is 0 Å². The Hall–Kier alpha value is -4.28. The van der Waals surface area contributed by atoms with Crippen LogP contribution in [0.4, 0.5) is 20.5 Å². The van der Waals surface area contributed by atoms with Crippen LogP contribution in [0, 0.1) is 17.6 Å². The Morgan fingerprint density at radius 1 is 1.16 bits per heavy atom. The number of ether oxygens (including phenoxy) is 2. The third-order valence-corrected chi connectivity index (χ3v) is 6.41. The second kappa shape index (κ2) is 10.00. The van der Waals surface area contributed by atoms with E-state index in [2.05, 4.69) is 15.1 Å². The molecule has 1 fully saturated rings. The van der Waals surface area contributed by atoms with Gasteiger partial charge < -0.3 is 20.1 Å². The Morgan fingerprint density at radius 2 is 1.95 bits per heavy atom. The second-order valence-electron chi connectivity index (χ2n) is 8.70. The van der Waals surface area contributed by atoms with Gasteiger partial charge in [0.25, 0.3) is 0 Å². The standard InChI is InChI=1S/C26H26F2N6O3/c1-3-37-25(35)15-6-5-13-33(14-15)26-30-22(18-7-4-8-19(27)21(18)28)20-23(29)34(32-24(20)31-26)16-9-11-17(36-2)12-10-16/h4,7-12,15H,3,5-6,13-14,29H2,1-2H3/t15-/m0/s1. The number of nitrogens with two attached hydrogens (primary N) is 1. The molecule has 0 radical (unpaired) electrons. The molecule has 5 rings (SSSR count). The van der Waals surface area contributed by atoms with Gasteiger partial charge in [0.05, 0.1) is 36.4 Å². The smallest absolute Gasteiger partial charge is 0.310 e. The highest BCUT2D eigenvalue weighted by atomic mass is 19.2. The summed E-state index contributed by atoms with van der Waals surface area (Å²) in [5.41, 5.74) is 7.39. The third-order valence-electron chi connectivity index (χ3n) is 6.41. The van der Waals surface area contributed by atoms with Gasteiger partial charge in [-0.3, -0.25) is 4.79 Å². The number of carbonyl (C=O) groups excluding carboxylic acids is 1. The van der Waals surface area contributed by atoms with E-state index in [9.17, 15) is 13.6 Å². The summed E-state index contributed by atoms with van der Waals surface area (Å²) in [6.45, 7) is 2.98. The highest BCUT2D eigenvalue weighted by molar-refractivity contribution is 5.99. The second-order valence-corrected chi connectivity index (χ2v) is 8.70. The summed E-state index contributed by atoms with van der Waals surface area (Å²) in [6.07, 6.45) is 1.40. The molecule has 0 spiro atoms. The number of benzene rings is 2. The average molecular weight is 509 g/mol. The van der Waals surface area contributed by atoms with Gasteiger partial charge in [-0.15, -0.1) is 5.10 Å². The lowest BCUT2D eigenvalue weighted by Gasteiger charge is -2.31. The molecule has 192 valence electrons. The number of nitrogens with zero attached hydrogens (tertiary/aromatic N) is 5. The molecule has 0 aliphatic carbocycles. The zero-order chi connectivity index (χ0) is 26.1. The zero-order valence-electron chi connectivity index (χ0n) is 20.4. The number of halogens is 2. The number of hydrogen-bond donors (Lipinski definition) is 1. The van der Waals surface area contributed by atoms with Gasteiger partial charge in [-0.05, 0) is 56.2 Å². The SMILES string of the molecule is CCOC(=O)[C@H]1CCCN(c2nc(-c3cccc(F)c3F)c3c(N)n(-c4ccc(OC)cc4)nc3n2)C1. The number of rotatable bonds is 6. The van der Waals surface area contributed by atoms with Crippen molar-refractivity contribution < 1.29 is 23.0 Å². The van der Waals surface area contributed by atoms with Crippen molar-refractivity contribution in [3.8, 4) is 22.7 Å². The van der Waals surface area contributed by atoms with Crippen LogP contribution in [-0.4, -0.2) is 52.5 Å². The number of carbonyl (C=O) groups is 1. The topological polar surface area (TPSA) is 108 Å². The molecule has 0 unspecified atom stereocenters. The molecule has 0 bridgehead atoms. The molecule has 1 aliphatic heterocycles. The van der Waals surface area contributed by atoms with Gasteiger partial charge in [-0.2, -0.15) is 4.98 Å². The molecule has 1 aliphatic rings. The summed E-state index contributed by atoms with van der Waals surface area (Å²) in [6, 6.07) is 10.9. The Balaban J connectivity index is 1.66. The molecule has 9 nitrogen and oxygen atoms in total. The maximum absolute atomic E-state index is 15.0. The van der Waals surface area contributed by atoms with Crippen LogP contribution >= 0.6 is 0 Å². The molecule has 1 saturated heterocycles. The fourth-order valence-corrected chi connectivity index (χ4v) is 4.55. The number of fused-ring (bicyclic) bond motifs is 1. The molecule has 0 amide bonds. The number of aromatic nitrogens is 4. The highest BCUT2D eigenvalue weighted by Gasteiger charge is 2.30. The van der Waals surface area contributed by atoms with Crippen molar-refractivity contribution in [3.63, 3.8) is 0 Å². The molecule has 1 atom stereocenters. The van der Waals surface area contributed by atoms with Gasteiger partial charge in [0.2, 0.25) is 5.95 Å². The van der Waals surface area contributed by atoms with E-state index in [1.54, 1.807) is 38.3 Å². The largest absolute Gasteiger partial charge is 0.497 e. The molecule has 3 heterocycles. The Kier molecular flexibility index (Phi) is 6.60. The lowest BCUT2D eigenvalue weighted by atomic mass is 9.98. The molecule has 0 saturated carbocycles. The molecule has 11 heteroatoms. The maximum Gasteiger partial charge on any atom is 0.310 e. The van der Waals surface area contributed by atoms with Crippen molar-refractivity contribution in [2.24, 2.45) is 5.92 Å². The molecule has 37 heavy (non-hydrogen) atoms. The van der Waals surface area contributed by atoms with E-state index in [4.69, 9.17) is 15.2 Å². The lowest BCUT2D eigenvalue weighted by molar-refractivity contribution is -0.148. The Labute approximate surface area is 211 Å². The maximum atomic E-state index is 15.0. The summed E-state index contributed by atoms with van der Waals surface area (Å²) in [7, 11) is 1.57. The highest BCUT2D eigenvalue weighted by Crippen LogP contribution is 2.36. The number of nitrogen functional groups attached to an aromatic ring is 1. The first-order valence-electron chi connectivity index (χ1n) is 12.0. The number of anilines is 2. The van der Waals surface area contributed by atoms with Crippen LogP contribution in [0.25, 0.3) is 28.0 Å². The minimum Gasteiger partial charge on any atom is -0.497 e. The van der Waals surface area contributed by atoms with E-state index in [1.165, 1.54) is 16.8 Å². The van der Waals surface area contributed by atoms with Gasteiger partial charge in [0.15, 0.2) is 17.3 Å². The Bertz CT molecular complexity index is 1460. The van der Waals surface area contributed by atoms with Gasteiger partial charge >= 0.3 is 5.97 Å². The average Bonchev–Trinajstić information content (AvgIpc) is 3.26. The number of piperidine rings is 1. The van der Waals surface area contributed by atoms with Crippen molar-refractivity contribution >= 4 is 28.8 Å². The van der Waals surface area contributed by atoms with E-state index >= 15 is 0 Å². The van der Waals surface area contributed by atoms with Gasteiger partial charge in [-0.25, -0.2) is 18.4 Å². The summed E-state index contributed by atoms with van der Waals surface area (Å²) < 4.78 is 41.1.